The number of nitrogens with one attached hydrogen (secondary N) is 1. The molecule has 0 bridgehead atoms. The molecule has 1 heterocycles. The number of aliphatic hydroxyl groups excluding tert-OH is 1. The summed E-state index contributed by atoms with van der Waals surface area (Å²) in [7, 11) is 0. The average molecular weight is 245 g/mol. The first-order valence-corrected chi connectivity index (χ1v) is 6.36. The Labute approximate surface area is 108 Å². The molecule has 1 aliphatic rings. The van der Waals surface area contributed by atoms with Crippen molar-refractivity contribution in [1.82, 2.24) is 5.32 Å². The van der Waals surface area contributed by atoms with Crippen molar-refractivity contribution in [1.29, 1.82) is 5.26 Å². The third-order valence-corrected chi connectivity index (χ3v) is 3.46. The zero-order valence-corrected chi connectivity index (χ0v) is 10.6. The second-order valence-corrected chi connectivity index (χ2v) is 4.75. The number of hydrogen-bond donors (Lipinski definition) is 2. The minimum absolute atomic E-state index is 0.194. The summed E-state index contributed by atoms with van der Waals surface area (Å²) in [4.78, 5) is 2.26. The second kappa shape index (κ2) is 5.85. The Morgan fingerprint density at radius 1 is 1.50 bits per heavy atom. The summed E-state index contributed by atoms with van der Waals surface area (Å²) in [6, 6.07) is 10.6. The lowest BCUT2D eigenvalue weighted by atomic mass is 10.0. The third kappa shape index (κ3) is 2.63. The van der Waals surface area contributed by atoms with E-state index in [2.05, 4.69) is 23.2 Å². The molecule has 1 aromatic rings. The van der Waals surface area contributed by atoms with Crippen molar-refractivity contribution in [3.63, 3.8) is 0 Å². The first kappa shape index (κ1) is 12.9. The average Bonchev–Trinajstić information content (AvgIpc) is 2.41. The Bertz CT molecular complexity index is 441. The molecule has 1 aliphatic heterocycles. The maximum absolute atomic E-state index is 9.17. The van der Waals surface area contributed by atoms with Gasteiger partial charge in [-0.25, -0.2) is 0 Å². The highest BCUT2D eigenvalue weighted by Crippen LogP contribution is 2.24. The van der Waals surface area contributed by atoms with Crippen LogP contribution in [0, 0.1) is 11.3 Å². The molecular weight excluding hydrogens is 226 g/mol. The summed E-state index contributed by atoms with van der Waals surface area (Å²) in [5.41, 5.74) is 1.71. The van der Waals surface area contributed by atoms with Crippen LogP contribution in [0.25, 0.3) is 0 Å². The molecule has 0 saturated carbocycles. The SMILES string of the molecule is CC1CNC(CCO)CN1c1ccccc1C#N. The van der Waals surface area contributed by atoms with Gasteiger partial charge in [-0.15, -0.1) is 0 Å². The van der Waals surface area contributed by atoms with Gasteiger partial charge >= 0.3 is 0 Å². The Morgan fingerprint density at radius 2 is 2.28 bits per heavy atom. The molecule has 2 atom stereocenters. The number of hydrogen-bond acceptors (Lipinski definition) is 4. The van der Waals surface area contributed by atoms with Crippen LogP contribution in [-0.2, 0) is 0 Å². The van der Waals surface area contributed by atoms with Crippen molar-refractivity contribution in [2.45, 2.75) is 25.4 Å². The minimum atomic E-state index is 0.194. The lowest BCUT2D eigenvalue weighted by Crippen LogP contribution is -2.56. The molecule has 18 heavy (non-hydrogen) atoms. The van der Waals surface area contributed by atoms with Gasteiger partial charge < -0.3 is 15.3 Å². The summed E-state index contributed by atoms with van der Waals surface area (Å²) in [5, 5.41) is 21.6. The van der Waals surface area contributed by atoms with Gasteiger partial charge in [0.25, 0.3) is 0 Å². The standard InChI is InChI=1S/C14H19N3O/c1-11-9-16-13(6-7-18)10-17(11)14-5-3-2-4-12(14)8-15/h2-5,11,13,16,18H,6-7,9-10H2,1H3. The monoisotopic (exact) mass is 245 g/mol. The Morgan fingerprint density at radius 3 is 3.00 bits per heavy atom. The molecule has 0 aliphatic carbocycles. The molecule has 0 amide bonds. The van der Waals surface area contributed by atoms with Crippen LogP contribution >= 0.6 is 0 Å². The Balaban J connectivity index is 2.22. The topological polar surface area (TPSA) is 59.3 Å². The van der Waals surface area contributed by atoms with Crippen LogP contribution in [0.1, 0.15) is 18.9 Å². The van der Waals surface area contributed by atoms with E-state index in [1.54, 1.807) is 0 Å². The van der Waals surface area contributed by atoms with Crippen LogP contribution < -0.4 is 10.2 Å². The lowest BCUT2D eigenvalue weighted by Gasteiger charge is -2.40. The zero-order chi connectivity index (χ0) is 13.0. The minimum Gasteiger partial charge on any atom is -0.396 e. The van der Waals surface area contributed by atoms with Gasteiger partial charge in [0.15, 0.2) is 0 Å². The fourth-order valence-electron chi connectivity index (χ4n) is 2.43. The normalized spacial score (nSPS) is 23.7. The molecule has 2 N–H and O–H groups in total. The smallest absolute Gasteiger partial charge is 0.101 e. The van der Waals surface area contributed by atoms with Crippen molar-refractivity contribution in [2.24, 2.45) is 0 Å². The molecule has 0 radical (unpaired) electrons. The van der Waals surface area contributed by atoms with Crippen LogP contribution in [-0.4, -0.2) is 36.9 Å². The molecule has 1 aromatic carbocycles. The van der Waals surface area contributed by atoms with Gasteiger partial charge in [-0.1, -0.05) is 12.1 Å². The van der Waals surface area contributed by atoms with Crippen LogP contribution in [0.15, 0.2) is 24.3 Å². The number of piperazine rings is 1. The van der Waals surface area contributed by atoms with Gasteiger partial charge in [0.2, 0.25) is 0 Å². The molecule has 2 unspecified atom stereocenters. The summed E-state index contributed by atoms with van der Waals surface area (Å²) in [6.45, 7) is 4.06. The van der Waals surface area contributed by atoms with E-state index in [0.29, 0.717) is 11.6 Å². The molecule has 4 nitrogen and oxygen atoms in total. The van der Waals surface area contributed by atoms with Crippen molar-refractivity contribution < 1.29 is 5.11 Å². The van der Waals surface area contributed by atoms with Gasteiger partial charge in [0.1, 0.15) is 6.07 Å². The maximum Gasteiger partial charge on any atom is 0.101 e. The van der Waals surface area contributed by atoms with E-state index < -0.39 is 0 Å². The van der Waals surface area contributed by atoms with Gasteiger partial charge in [-0.3, -0.25) is 0 Å². The number of anilines is 1. The quantitative estimate of drug-likeness (QED) is 0.837. The molecule has 1 fully saturated rings. The van der Waals surface area contributed by atoms with Crippen LogP contribution in [0.4, 0.5) is 5.69 Å². The summed E-state index contributed by atoms with van der Waals surface area (Å²) in [5.74, 6) is 0. The van der Waals surface area contributed by atoms with E-state index in [1.807, 2.05) is 24.3 Å². The predicted molar refractivity (Wildman–Crippen MR) is 71.5 cm³/mol. The van der Waals surface area contributed by atoms with Crippen molar-refractivity contribution in [3.05, 3.63) is 29.8 Å². The molecule has 1 saturated heterocycles. The summed E-state index contributed by atoms with van der Waals surface area (Å²) < 4.78 is 0. The third-order valence-electron chi connectivity index (χ3n) is 3.46. The predicted octanol–water partition coefficient (Wildman–Crippen LogP) is 1.11. The van der Waals surface area contributed by atoms with Crippen molar-refractivity contribution >= 4 is 5.69 Å². The van der Waals surface area contributed by atoms with E-state index in [9.17, 15) is 5.26 Å². The molecule has 2 rings (SSSR count). The number of nitriles is 1. The van der Waals surface area contributed by atoms with E-state index in [0.717, 1.165) is 25.2 Å². The lowest BCUT2D eigenvalue weighted by molar-refractivity contribution is 0.254. The van der Waals surface area contributed by atoms with E-state index in [1.165, 1.54) is 0 Å². The fourth-order valence-corrected chi connectivity index (χ4v) is 2.43. The molecule has 0 spiro atoms. The molecular formula is C14H19N3O. The van der Waals surface area contributed by atoms with Gasteiger partial charge in [-0.05, 0) is 25.5 Å². The highest BCUT2D eigenvalue weighted by molar-refractivity contribution is 5.60. The van der Waals surface area contributed by atoms with E-state index in [4.69, 9.17) is 5.11 Å². The van der Waals surface area contributed by atoms with Crippen molar-refractivity contribution in [3.8, 4) is 6.07 Å². The highest BCUT2D eigenvalue weighted by Gasteiger charge is 2.25. The second-order valence-electron chi connectivity index (χ2n) is 4.75. The van der Waals surface area contributed by atoms with Gasteiger partial charge in [-0.2, -0.15) is 5.26 Å². The fraction of sp³-hybridized carbons (Fsp3) is 0.500. The van der Waals surface area contributed by atoms with Crippen LogP contribution in [0.2, 0.25) is 0 Å². The Kier molecular flexibility index (Phi) is 4.19. The number of rotatable bonds is 3. The van der Waals surface area contributed by atoms with Crippen molar-refractivity contribution in [2.75, 3.05) is 24.6 Å². The van der Waals surface area contributed by atoms with Crippen LogP contribution in [0.5, 0.6) is 0 Å². The summed E-state index contributed by atoms with van der Waals surface area (Å²) in [6.07, 6.45) is 0.748. The molecule has 96 valence electrons. The largest absolute Gasteiger partial charge is 0.396 e. The van der Waals surface area contributed by atoms with E-state index in [-0.39, 0.29) is 12.6 Å². The first-order chi connectivity index (χ1) is 8.76. The van der Waals surface area contributed by atoms with Gasteiger partial charge in [0.05, 0.1) is 11.3 Å². The number of aliphatic hydroxyl groups is 1. The molecule has 4 heteroatoms. The maximum atomic E-state index is 9.17. The first-order valence-electron chi connectivity index (χ1n) is 6.36. The van der Waals surface area contributed by atoms with Gasteiger partial charge in [0, 0.05) is 31.8 Å². The highest BCUT2D eigenvalue weighted by atomic mass is 16.3. The van der Waals surface area contributed by atoms with E-state index >= 15 is 0 Å². The molecule has 0 aromatic heterocycles. The summed E-state index contributed by atoms with van der Waals surface area (Å²) >= 11 is 0. The van der Waals surface area contributed by atoms with Crippen LogP contribution in [0.3, 0.4) is 0 Å². The number of benzene rings is 1. The zero-order valence-electron chi connectivity index (χ0n) is 10.6. The Hall–Kier alpha value is -1.57. The number of para-hydroxylation sites is 1. The number of nitrogens with zero attached hydrogens (tertiary/aromatic N) is 2.